The summed E-state index contributed by atoms with van der Waals surface area (Å²) in [5.41, 5.74) is 1.71. The molecule has 0 aromatic heterocycles. The largest absolute Gasteiger partial charge is 0.495 e. The maximum absolute atomic E-state index is 13.0. The molecule has 0 radical (unpaired) electrons. The zero-order valence-electron chi connectivity index (χ0n) is 18.0. The van der Waals surface area contributed by atoms with Gasteiger partial charge in [-0.05, 0) is 69.2 Å². The first-order valence-electron chi connectivity index (χ1n) is 9.95. The number of esters is 1. The Labute approximate surface area is 182 Å². The Morgan fingerprint density at radius 2 is 1.90 bits per heavy atom. The van der Waals surface area contributed by atoms with E-state index < -0.39 is 16.0 Å². The van der Waals surface area contributed by atoms with Gasteiger partial charge >= 0.3 is 5.97 Å². The van der Waals surface area contributed by atoms with Crippen molar-refractivity contribution in [3.8, 4) is 5.75 Å². The normalized spacial score (nSPS) is 14.1. The quantitative estimate of drug-likeness (QED) is 0.653. The molecule has 2 aromatic carbocycles. The average molecular weight is 447 g/mol. The lowest BCUT2D eigenvalue weighted by Gasteiger charge is -2.19. The first-order chi connectivity index (χ1) is 14.6. The average Bonchev–Trinajstić information content (AvgIpc) is 3.12. The molecule has 31 heavy (non-hydrogen) atoms. The van der Waals surface area contributed by atoms with E-state index in [9.17, 15) is 18.0 Å². The third-order valence-electron chi connectivity index (χ3n) is 4.87. The minimum absolute atomic E-state index is 0.0340. The summed E-state index contributed by atoms with van der Waals surface area (Å²) < 4.78 is 38.9. The number of methoxy groups -OCH3 is 1. The van der Waals surface area contributed by atoms with E-state index >= 15 is 0 Å². The van der Waals surface area contributed by atoms with Crippen molar-refractivity contribution in [2.24, 2.45) is 0 Å². The highest BCUT2D eigenvalue weighted by molar-refractivity contribution is 7.92. The summed E-state index contributed by atoms with van der Waals surface area (Å²) in [5, 5.41) is 0. The molecule has 0 aliphatic carbocycles. The van der Waals surface area contributed by atoms with Gasteiger partial charge in [-0.2, -0.15) is 0 Å². The number of amides is 1. The molecule has 3 rings (SSSR count). The van der Waals surface area contributed by atoms with Crippen molar-refractivity contribution < 1.29 is 27.5 Å². The fraction of sp³-hybridized carbons (Fsp3) is 0.364. The summed E-state index contributed by atoms with van der Waals surface area (Å²) in [6, 6.07) is 9.01. The van der Waals surface area contributed by atoms with Crippen LogP contribution in [0.15, 0.2) is 41.3 Å². The van der Waals surface area contributed by atoms with Crippen LogP contribution in [-0.2, 0) is 19.6 Å². The molecule has 2 aromatic rings. The van der Waals surface area contributed by atoms with Crippen LogP contribution in [-0.4, -0.2) is 40.1 Å². The van der Waals surface area contributed by atoms with Gasteiger partial charge in [-0.15, -0.1) is 0 Å². The first kappa shape index (κ1) is 22.6. The van der Waals surface area contributed by atoms with E-state index in [1.807, 2.05) is 0 Å². The summed E-state index contributed by atoms with van der Waals surface area (Å²) in [5.74, 6) is -0.263. The van der Waals surface area contributed by atoms with Crippen LogP contribution in [0.3, 0.4) is 0 Å². The molecule has 0 bridgehead atoms. The number of hydrogen-bond acceptors (Lipinski definition) is 6. The smallest absolute Gasteiger partial charge is 0.338 e. The van der Waals surface area contributed by atoms with Gasteiger partial charge in [0.05, 0.1) is 29.4 Å². The summed E-state index contributed by atoms with van der Waals surface area (Å²) in [6.45, 7) is 5.85. The van der Waals surface area contributed by atoms with Gasteiger partial charge in [0, 0.05) is 18.7 Å². The second-order valence-corrected chi connectivity index (χ2v) is 9.25. The highest BCUT2D eigenvalue weighted by Crippen LogP contribution is 2.31. The van der Waals surface area contributed by atoms with Gasteiger partial charge in [-0.1, -0.05) is 0 Å². The highest BCUT2D eigenvalue weighted by atomic mass is 32.2. The highest BCUT2D eigenvalue weighted by Gasteiger charge is 2.25. The number of ether oxygens (including phenoxy) is 2. The Hall–Kier alpha value is -3.07. The predicted molar refractivity (Wildman–Crippen MR) is 117 cm³/mol. The molecular formula is C22H26N2O6S. The monoisotopic (exact) mass is 446 g/mol. The van der Waals surface area contributed by atoms with Crippen molar-refractivity contribution in [2.45, 2.75) is 44.6 Å². The number of carbonyl (C=O) groups is 2. The molecule has 9 heteroatoms. The minimum atomic E-state index is -3.97. The van der Waals surface area contributed by atoms with E-state index in [2.05, 4.69) is 4.72 Å². The van der Waals surface area contributed by atoms with Gasteiger partial charge in [0.1, 0.15) is 5.75 Å². The molecule has 1 heterocycles. The summed E-state index contributed by atoms with van der Waals surface area (Å²) in [4.78, 5) is 25.9. The Balaban J connectivity index is 1.90. The van der Waals surface area contributed by atoms with Crippen molar-refractivity contribution in [3.63, 3.8) is 0 Å². The lowest BCUT2D eigenvalue weighted by Crippen LogP contribution is -2.24. The Morgan fingerprint density at radius 3 is 2.48 bits per heavy atom. The number of benzene rings is 2. The number of nitrogens with one attached hydrogen (secondary N) is 1. The molecule has 1 aliphatic heterocycles. The van der Waals surface area contributed by atoms with Crippen molar-refractivity contribution >= 4 is 33.3 Å². The fourth-order valence-electron chi connectivity index (χ4n) is 3.40. The van der Waals surface area contributed by atoms with E-state index in [0.717, 1.165) is 6.42 Å². The van der Waals surface area contributed by atoms with Crippen LogP contribution >= 0.6 is 0 Å². The lowest BCUT2D eigenvalue weighted by atomic mass is 10.2. The van der Waals surface area contributed by atoms with Gasteiger partial charge < -0.3 is 14.4 Å². The maximum Gasteiger partial charge on any atom is 0.338 e. The predicted octanol–water partition coefficient (Wildman–Crippen LogP) is 3.50. The fourth-order valence-corrected chi connectivity index (χ4v) is 4.55. The van der Waals surface area contributed by atoms with Crippen molar-refractivity contribution in [1.29, 1.82) is 0 Å². The van der Waals surface area contributed by atoms with E-state index in [4.69, 9.17) is 9.47 Å². The first-order valence-corrected chi connectivity index (χ1v) is 11.4. The number of carbonyl (C=O) groups excluding carboxylic acids is 2. The van der Waals surface area contributed by atoms with E-state index in [1.165, 1.54) is 37.4 Å². The zero-order chi connectivity index (χ0) is 22.8. The molecule has 1 aliphatic rings. The molecule has 8 nitrogen and oxygen atoms in total. The molecular weight excluding hydrogens is 420 g/mol. The van der Waals surface area contributed by atoms with Crippen LogP contribution in [0.1, 0.15) is 42.6 Å². The van der Waals surface area contributed by atoms with Gasteiger partial charge in [0.2, 0.25) is 5.91 Å². The van der Waals surface area contributed by atoms with Crippen LogP contribution in [0.5, 0.6) is 5.75 Å². The number of hydrogen-bond donors (Lipinski definition) is 1. The Morgan fingerprint density at radius 1 is 1.16 bits per heavy atom. The third kappa shape index (κ3) is 4.99. The third-order valence-corrected chi connectivity index (χ3v) is 6.23. The van der Waals surface area contributed by atoms with Crippen molar-refractivity contribution in [2.75, 3.05) is 23.3 Å². The number of rotatable bonds is 7. The molecule has 0 atom stereocenters. The molecule has 0 spiro atoms. The lowest BCUT2D eigenvalue weighted by molar-refractivity contribution is -0.117. The number of aryl methyl sites for hydroxylation is 1. The van der Waals surface area contributed by atoms with E-state index in [0.29, 0.717) is 24.2 Å². The molecule has 1 N–H and O–H groups in total. The topological polar surface area (TPSA) is 102 Å². The molecule has 0 unspecified atom stereocenters. The summed E-state index contributed by atoms with van der Waals surface area (Å²) >= 11 is 0. The molecule has 166 valence electrons. The van der Waals surface area contributed by atoms with E-state index in [1.54, 1.807) is 31.7 Å². The van der Waals surface area contributed by atoms with Crippen LogP contribution in [0.2, 0.25) is 0 Å². The zero-order valence-corrected chi connectivity index (χ0v) is 18.8. The summed E-state index contributed by atoms with van der Waals surface area (Å²) in [7, 11) is -2.57. The van der Waals surface area contributed by atoms with Crippen molar-refractivity contribution in [1.82, 2.24) is 0 Å². The Bertz CT molecular complexity index is 1110. The summed E-state index contributed by atoms with van der Waals surface area (Å²) in [6.07, 6.45) is 0.977. The molecule has 1 saturated heterocycles. The van der Waals surface area contributed by atoms with Crippen LogP contribution in [0.4, 0.5) is 11.4 Å². The van der Waals surface area contributed by atoms with Crippen LogP contribution < -0.4 is 14.4 Å². The van der Waals surface area contributed by atoms with Gasteiger partial charge in [0.25, 0.3) is 10.0 Å². The number of sulfonamides is 1. The van der Waals surface area contributed by atoms with Crippen molar-refractivity contribution in [3.05, 3.63) is 47.5 Å². The maximum atomic E-state index is 13.0. The molecule has 1 fully saturated rings. The van der Waals surface area contributed by atoms with Gasteiger partial charge in [-0.25, -0.2) is 13.2 Å². The molecule has 1 amide bonds. The molecule has 0 saturated carbocycles. The standard InChI is InChI=1S/C22H26N2O6S/c1-14(2)30-22(26)16-7-10-20(29-4)18(13-16)23-31(27,28)17-8-9-19(15(3)12-17)24-11-5-6-21(24)25/h7-10,12-14,23H,5-6,11H2,1-4H3. The SMILES string of the molecule is COc1ccc(C(=O)OC(C)C)cc1NS(=O)(=O)c1ccc(N2CCCC2=O)c(C)c1. The van der Waals surface area contributed by atoms with Gasteiger partial charge in [-0.3, -0.25) is 9.52 Å². The Kier molecular flexibility index (Phi) is 6.54. The van der Waals surface area contributed by atoms with E-state index in [-0.39, 0.29) is 33.9 Å². The minimum Gasteiger partial charge on any atom is -0.495 e. The van der Waals surface area contributed by atoms with Crippen LogP contribution in [0.25, 0.3) is 0 Å². The number of anilines is 2. The second-order valence-electron chi connectivity index (χ2n) is 7.57. The second kappa shape index (κ2) is 8.97. The number of nitrogens with zero attached hydrogens (tertiary/aromatic N) is 1. The van der Waals surface area contributed by atoms with Crippen LogP contribution in [0, 0.1) is 6.92 Å². The van der Waals surface area contributed by atoms with Gasteiger partial charge in [0.15, 0.2) is 0 Å².